The molecular weight excluding hydrogens is 280 g/mol. The van der Waals surface area contributed by atoms with Crippen LogP contribution in [-0.2, 0) is 11.4 Å². The molecule has 21 heavy (non-hydrogen) atoms. The van der Waals surface area contributed by atoms with Crippen molar-refractivity contribution in [2.24, 2.45) is 0 Å². The molecule has 0 aromatic heterocycles. The van der Waals surface area contributed by atoms with Gasteiger partial charge in [0.2, 0.25) is 0 Å². The molecule has 1 amide bonds. The van der Waals surface area contributed by atoms with E-state index in [0.29, 0.717) is 11.3 Å². The maximum Gasteiger partial charge on any atom is 0.262 e. The molecule has 0 aliphatic carbocycles. The van der Waals surface area contributed by atoms with Crippen molar-refractivity contribution >= 4 is 11.6 Å². The van der Waals surface area contributed by atoms with E-state index in [1.165, 1.54) is 6.07 Å². The van der Waals surface area contributed by atoms with Gasteiger partial charge in [-0.2, -0.15) is 0 Å². The summed E-state index contributed by atoms with van der Waals surface area (Å²) in [4.78, 5) is 11.7. The molecule has 2 aromatic rings. The van der Waals surface area contributed by atoms with E-state index in [2.05, 4.69) is 5.32 Å². The summed E-state index contributed by atoms with van der Waals surface area (Å²) >= 11 is 0. The maximum atomic E-state index is 13.0. The minimum absolute atomic E-state index is 0.137. The number of aliphatic hydroxyl groups is 1. The molecule has 0 fully saturated rings. The van der Waals surface area contributed by atoms with Gasteiger partial charge in [0.1, 0.15) is 5.75 Å². The first-order valence-corrected chi connectivity index (χ1v) is 6.16. The number of anilines is 1. The molecule has 0 atom stereocenters. The van der Waals surface area contributed by atoms with Crippen molar-refractivity contribution in [1.29, 1.82) is 0 Å². The molecule has 4 nitrogen and oxygen atoms in total. The van der Waals surface area contributed by atoms with Crippen LogP contribution in [0.4, 0.5) is 14.5 Å². The first-order chi connectivity index (χ1) is 10.1. The van der Waals surface area contributed by atoms with E-state index in [4.69, 9.17) is 9.84 Å². The van der Waals surface area contributed by atoms with Crippen LogP contribution >= 0.6 is 0 Å². The van der Waals surface area contributed by atoms with Crippen LogP contribution in [0.2, 0.25) is 0 Å². The number of hydrogen-bond acceptors (Lipinski definition) is 3. The van der Waals surface area contributed by atoms with Gasteiger partial charge in [-0.25, -0.2) is 8.78 Å². The number of nitrogens with one attached hydrogen (secondary N) is 1. The number of rotatable bonds is 5. The monoisotopic (exact) mass is 293 g/mol. The molecule has 0 spiro atoms. The standard InChI is InChI=1S/C15H13F2NO3/c16-12-6-5-11(7-13(12)17)18-15(20)9-21-14-4-2-1-3-10(14)8-19/h1-7,19H,8-9H2,(H,18,20). The van der Waals surface area contributed by atoms with E-state index >= 15 is 0 Å². The number of halogens is 2. The fraction of sp³-hybridized carbons (Fsp3) is 0.133. The van der Waals surface area contributed by atoms with Gasteiger partial charge >= 0.3 is 0 Å². The van der Waals surface area contributed by atoms with E-state index in [1.807, 2.05) is 0 Å². The van der Waals surface area contributed by atoms with Crippen LogP contribution in [0.1, 0.15) is 5.56 Å². The van der Waals surface area contributed by atoms with Crippen molar-refractivity contribution in [1.82, 2.24) is 0 Å². The lowest BCUT2D eigenvalue weighted by Crippen LogP contribution is -2.20. The predicted octanol–water partition coefficient (Wildman–Crippen LogP) is 2.47. The van der Waals surface area contributed by atoms with Crippen LogP contribution in [0.15, 0.2) is 42.5 Å². The van der Waals surface area contributed by atoms with Gasteiger partial charge in [0, 0.05) is 17.3 Å². The SMILES string of the molecule is O=C(COc1ccccc1CO)Nc1ccc(F)c(F)c1. The summed E-state index contributed by atoms with van der Waals surface area (Å²) in [6.07, 6.45) is 0. The highest BCUT2D eigenvalue weighted by atomic mass is 19.2. The lowest BCUT2D eigenvalue weighted by Gasteiger charge is -2.10. The number of carbonyl (C=O) groups excluding carboxylic acids is 1. The molecule has 110 valence electrons. The Balaban J connectivity index is 1.94. The minimum Gasteiger partial charge on any atom is -0.483 e. The lowest BCUT2D eigenvalue weighted by atomic mass is 10.2. The van der Waals surface area contributed by atoms with Gasteiger partial charge in [-0.15, -0.1) is 0 Å². The average molecular weight is 293 g/mol. The number of ether oxygens (including phenoxy) is 1. The quantitative estimate of drug-likeness (QED) is 0.890. The van der Waals surface area contributed by atoms with Crippen LogP contribution in [0.25, 0.3) is 0 Å². The zero-order chi connectivity index (χ0) is 15.2. The first-order valence-electron chi connectivity index (χ1n) is 6.16. The van der Waals surface area contributed by atoms with E-state index < -0.39 is 17.5 Å². The van der Waals surface area contributed by atoms with Crippen LogP contribution in [0, 0.1) is 11.6 Å². The smallest absolute Gasteiger partial charge is 0.262 e. The summed E-state index contributed by atoms with van der Waals surface area (Å²) in [5, 5.41) is 11.5. The fourth-order valence-corrected chi connectivity index (χ4v) is 1.69. The van der Waals surface area contributed by atoms with Gasteiger partial charge in [-0.05, 0) is 18.2 Å². The molecule has 0 aliphatic heterocycles. The molecule has 0 saturated heterocycles. The van der Waals surface area contributed by atoms with Crippen molar-refractivity contribution in [3.8, 4) is 5.75 Å². The topological polar surface area (TPSA) is 58.6 Å². The number of carbonyl (C=O) groups is 1. The van der Waals surface area contributed by atoms with Gasteiger partial charge in [0.15, 0.2) is 18.2 Å². The van der Waals surface area contributed by atoms with Gasteiger partial charge in [0.05, 0.1) is 6.61 Å². The van der Waals surface area contributed by atoms with E-state index in [-0.39, 0.29) is 18.9 Å². The second-order valence-corrected chi connectivity index (χ2v) is 4.23. The molecule has 6 heteroatoms. The Morgan fingerprint density at radius 3 is 2.62 bits per heavy atom. The minimum atomic E-state index is -1.04. The molecule has 2 rings (SSSR count). The van der Waals surface area contributed by atoms with Crippen molar-refractivity contribution in [3.63, 3.8) is 0 Å². The van der Waals surface area contributed by atoms with Gasteiger partial charge in [0.25, 0.3) is 5.91 Å². The third-order valence-corrected chi connectivity index (χ3v) is 2.71. The zero-order valence-corrected chi connectivity index (χ0v) is 11.0. The molecule has 2 aromatic carbocycles. The van der Waals surface area contributed by atoms with Gasteiger partial charge < -0.3 is 15.2 Å². The highest BCUT2D eigenvalue weighted by Crippen LogP contribution is 2.18. The summed E-state index contributed by atoms with van der Waals surface area (Å²) in [5.41, 5.74) is 0.691. The second-order valence-electron chi connectivity index (χ2n) is 4.23. The number of para-hydroxylation sites is 1. The highest BCUT2D eigenvalue weighted by Gasteiger charge is 2.08. The summed E-state index contributed by atoms with van der Waals surface area (Å²) in [6.45, 7) is -0.517. The Morgan fingerprint density at radius 1 is 1.14 bits per heavy atom. The number of aliphatic hydroxyl groups excluding tert-OH is 1. The van der Waals surface area contributed by atoms with Gasteiger partial charge in [-0.3, -0.25) is 4.79 Å². The fourth-order valence-electron chi connectivity index (χ4n) is 1.69. The molecular formula is C15H13F2NO3. The third kappa shape index (κ3) is 4.00. The van der Waals surface area contributed by atoms with E-state index in [9.17, 15) is 13.6 Å². The molecule has 0 heterocycles. The van der Waals surface area contributed by atoms with Crippen LogP contribution in [0.3, 0.4) is 0 Å². The predicted molar refractivity (Wildman–Crippen MR) is 72.8 cm³/mol. The third-order valence-electron chi connectivity index (χ3n) is 2.71. The molecule has 0 aliphatic rings. The average Bonchev–Trinajstić information content (AvgIpc) is 2.49. The normalized spacial score (nSPS) is 10.2. The highest BCUT2D eigenvalue weighted by molar-refractivity contribution is 5.91. The van der Waals surface area contributed by atoms with Crippen molar-refractivity contribution in [3.05, 3.63) is 59.7 Å². The van der Waals surface area contributed by atoms with E-state index in [1.54, 1.807) is 24.3 Å². The summed E-state index contributed by atoms with van der Waals surface area (Å²) in [5.74, 6) is -2.16. The van der Waals surface area contributed by atoms with Crippen LogP contribution < -0.4 is 10.1 Å². The van der Waals surface area contributed by atoms with Crippen molar-refractivity contribution < 1.29 is 23.4 Å². The number of amides is 1. The second kappa shape index (κ2) is 6.81. The number of benzene rings is 2. The molecule has 0 radical (unpaired) electrons. The van der Waals surface area contributed by atoms with Crippen molar-refractivity contribution in [2.75, 3.05) is 11.9 Å². The molecule has 2 N–H and O–H groups in total. The largest absolute Gasteiger partial charge is 0.483 e. The van der Waals surface area contributed by atoms with Crippen molar-refractivity contribution in [2.45, 2.75) is 6.61 Å². The maximum absolute atomic E-state index is 13.0. The molecule has 0 saturated carbocycles. The first kappa shape index (κ1) is 14.9. The van der Waals surface area contributed by atoms with Gasteiger partial charge in [-0.1, -0.05) is 18.2 Å². The summed E-state index contributed by atoms with van der Waals surface area (Å²) < 4.78 is 31.0. The Hall–Kier alpha value is -2.47. The summed E-state index contributed by atoms with van der Waals surface area (Å²) in [7, 11) is 0. The Kier molecular flexibility index (Phi) is 4.84. The summed E-state index contributed by atoms with van der Waals surface area (Å²) in [6, 6.07) is 9.79. The van der Waals surface area contributed by atoms with E-state index in [0.717, 1.165) is 12.1 Å². The number of hydrogen-bond donors (Lipinski definition) is 2. The lowest BCUT2D eigenvalue weighted by molar-refractivity contribution is -0.118. The van der Waals surface area contributed by atoms with Crippen LogP contribution in [0.5, 0.6) is 5.75 Å². The molecule has 0 unspecified atom stereocenters. The zero-order valence-electron chi connectivity index (χ0n) is 11.0. The Bertz CT molecular complexity index is 647. The Labute approximate surface area is 120 Å². The molecule has 0 bridgehead atoms. The Morgan fingerprint density at radius 2 is 1.90 bits per heavy atom. The van der Waals surface area contributed by atoms with Crippen LogP contribution in [-0.4, -0.2) is 17.6 Å².